The van der Waals surface area contributed by atoms with Crippen LogP contribution in [0, 0.1) is 0 Å². The molecule has 100 valence electrons. The summed E-state index contributed by atoms with van der Waals surface area (Å²) < 4.78 is 7.29. The Kier molecular flexibility index (Phi) is 4.25. The monoisotopic (exact) mass is 261 g/mol. The molecule has 0 fully saturated rings. The van der Waals surface area contributed by atoms with E-state index < -0.39 is 0 Å². The summed E-state index contributed by atoms with van der Waals surface area (Å²) in [6.07, 6.45) is 5.44. The second-order valence-corrected chi connectivity index (χ2v) is 3.98. The van der Waals surface area contributed by atoms with E-state index in [1.54, 1.807) is 6.07 Å². The van der Waals surface area contributed by atoms with Crippen LogP contribution >= 0.6 is 0 Å². The van der Waals surface area contributed by atoms with Crippen LogP contribution in [0.25, 0.3) is 16.6 Å². The topological polar surface area (TPSA) is 77.2 Å². The number of allylic oxidation sites excluding steroid dienone is 1. The Morgan fingerprint density at radius 3 is 3.05 bits per heavy atom. The van der Waals surface area contributed by atoms with E-state index in [4.69, 9.17) is 9.84 Å². The third-order valence-corrected chi connectivity index (χ3v) is 2.67. The number of hydrogen-bond donors (Lipinski definition) is 1. The van der Waals surface area contributed by atoms with Crippen LogP contribution < -0.4 is 0 Å². The maximum Gasteiger partial charge on any atom is 0.155 e. The van der Waals surface area contributed by atoms with Gasteiger partial charge in [0.15, 0.2) is 6.29 Å². The first-order chi connectivity index (χ1) is 9.31. The maximum absolute atomic E-state index is 10.9. The highest BCUT2D eigenvalue weighted by atomic mass is 16.5. The van der Waals surface area contributed by atoms with Gasteiger partial charge in [0.2, 0.25) is 0 Å². The molecule has 19 heavy (non-hydrogen) atoms. The lowest BCUT2D eigenvalue weighted by Crippen LogP contribution is -2.03. The number of aldehydes is 1. The number of aliphatic hydroxyl groups excluding tert-OH is 1. The SMILES string of the molecule is CCCOCn1ccc2c(C(C=O)=CO)ncnc21. The molecule has 0 spiro atoms. The van der Waals surface area contributed by atoms with Gasteiger partial charge in [-0.2, -0.15) is 0 Å². The first kappa shape index (κ1) is 13.2. The van der Waals surface area contributed by atoms with Crippen LogP contribution in [0.1, 0.15) is 19.0 Å². The number of rotatable bonds is 6. The van der Waals surface area contributed by atoms with Gasteiger partial charge in [-0.1, -0.05) is 6.92 Å². The van der Waals surface area contributed by atoms with Crippen molar-refractivity contribution >= 4 is 22.9 Å². The van der Waals surface area contributed by atoms with Crippen LogP contribution in [0.4, 0.5) is 0 Å². The molecule has 0 unspecified atom stereocenters. The molecule has 0 atom stereocenters. The number of carbonyl (C=O) groups excluding carboxylic acids is 1. The molecule has 6 heteroatoms. The molecule has 0 aromatic carbocycles. The van der Waals surface area contributed by atoms with Gasteiger partial charge in [-0.05, 0) is 12.5 Å². The quantitative estimate of drug-likeness (QED) is 0.372. The summed E-state index contributed by atoms with van der Waals surface area (Å²) in [5.41, 5.74) is 1.21. The van der Waals surface area contributed by atoms with Crippen molar-refractivity contribution in [1.82, 2.24) is 14.5 Å². The predicted octanol–water partition coefficient (Wildman–Crippen LogP) is 1.91. The van der Waals surface area contributed by atoms with Crippen molar-refractivity contribution in [2.24, 2.45) is 0 Å². The fourth-order valence-electron chi connectivity index (χ4n) is 1.79. The Bertz CT molecular complexity index is 604. The minimum absolute atomic E-state index is 0.125. The molecule has 2 rings (SSSR count). The average Bonchev–Trinajstić information content (AvgIpc) is 2.85. The summed E-state index contributed by atoms with van der Waals surface area (Å²) in [5, 5.41) is 9.74. The van der Waals surface area contributed by atoms with E-state index in [1.165, 1.54) is 6.33 Å². The maximum atomic E-state index is 10.9. The van der Waals surface area contributed by atoms with E-state index in [1.807, 2.05) is 17.7 Å². The Labute approximate surface area is 110 Å². The average molecular weight is 261 g/mol. The minimum atomic E-state index is 0.125. The normalized spacial score (nSPS) is 11.9. The molecule has 0 aliphatic heterocycles. The molecule has 0 amide bonds. The third kappa shape index (κ3) is 2.63. The van der Waals surface area contributed by atoms with Crippen LogP contribution in [0.15, 0.2) is 24.9 Å². The zero-order valence-electron chi connectivity index (χ0n) is 10.6. The van der Waals surface area contributed by atoms with Gasteiger partial charge in [-0.3, -0.25) is 4.79 Å². The van der Waals surface area contributed by atoms with Crippen LogP contribution in [-0.2, 0) is 16.3 Å². The lowest BCUT2D eigenvalue weighted by atomic mass is 10.1. The highest BCUT2D eigenvalue weighted by Crippen LogP contribution is 2.21. The summed E-state index contributed by atoms with van der Waals surface area (Å²) in [5.74, 6) is 0. The van der Waals surface area contributed by atoms with E-state index >= 15 is 0 Å². The van der Waals surface area contributed by atoms with Crippen molar-refractivity contribution in [3.63, 3.8) is 0 Å². The number of hydrogen-bond acceptors (Lipinski definition) is 5. The summed E-state index contributed by atoms with van der Waals surface area (Å²) in [7, 11) is 0. The van der Waals surface area contributed by atoms with Crippen LogP contribution in [0.2, 0.25) is 0 Å². The van der Waals surface area contributed by atoms with Gasteiger partial charge >= 0.3 is 0 Å². The summed E-state index contributed by atoms with van der Waals surface area (Å²) >= 11 is 0. The Balaban J connectivity index is 2.39. The zero-order chi connectivity index (χ0) is 13.7. The Morgan fingerprint density at radius 1 is 1.53 bits per heavy atom. The molecule has 0 saturated heterocycles. The third-order valence-electron chi connectivity index (χ3n) is 2.67. The van der Waals surface area contributed by atoms with Gasteiger partial charge in [0.05, 0.1) is 17.5 Å². The smallest absolute Gasteiger partial charge is 0.155 e. The van der Waals surface area contributed by atoms with Crippen molar-refractivity contribution in [3.8, 4) is 0 Å². The van der Waals surface area contributed by atoms with Gasteiger partial charge in [-0.25, -0.2) is 9.97 Å². The first-order valence-corrected chi connectivity index (χ1v) is 5.99. The highest BCUT2D eigenvalue weighted by Gasteiger charge is 2.11. The molecule has 6 nitrogen and oxygen atoms in total. The molecular formula is C13H15N3O3. The first-order valence-electron chi connectivity index (χ1n) is 5.99. The van der Waals surface area contributed by atoms with Crippen molar-refractivity contribution in [2.45, 2.75) is 20.1 Å². The molecule has 0 aliphatic carbocycles. The Hall–Kier alpha value is -2.21. The van der Waals surface area contributed by atoms with Gasteiger partial charge in [0.1, 0.15) is 18.7 Å². The molecule has 1 N–H and O–H groups in total. The summed E-state index contributed by atoms with van der Waals surface area (Å²) in [6.45, 7) is 3.11. The summed E-state index contributed by atoms with van der Waals surface area (Å²) in [6, 6.07) is 1.80. The van der Waals surface area contributed by atoms with Crippen molar-refractivity contribution in [1.29, 1.82) is 0 Å². The summed E-state index contributed by atoms with van der Waals surface area (Å²) in [4.78, 5) is 19.1. The van der Waals surface area contributed by atoms with E-state index in [0.29, 0.717) is 36.4 Å². The fourth-order valence-corrected chi connectivity index (χ4v) is 1.79. The van der Waals surface area contributed by atoms with E-state index in [2.05, 4.69) is 9.97 Å². The van der Waals surface area contributed by atoms with Gasteiger partial charge in [0, 0.05) is 18.2 Å². The standard InChI is InChI=1S/C13H15N3O3/c1-2-5-19-9-16-4-3-11-12(10(6-17)7-18)14-8-15-13(11)16/h3-4,6-8,17H,2,5,9H2,1H3. The molecule has 2 aromatic heterocycles. The van der Waals surface area contributed by atoms with E-state index in [0.717, 1.165) is 12.7 Å². The number of fused-ring (bicyclic) bond motifs is 1. The molecule has 0 aliphatic rings. The number of carbonyl (C=O) groups is 1. The second kappa shape index (κ2) is 6.10. The minimum Gasteiger partial charge on any atom is -0.515 e. The molecule has 0 radical (unpaired) electrons. The van der Waals surface area contributed by atoms with Gasteiger partial charge in [-0.15, -0.1) is 0 Å². The lowest BCUT2D eigenvalue weighted by Gasteiger charge is -2.06. The van der Waals surface area contributed by atoms with Crippen molar-refractivity contribution in [3.05, 3.63) is 30.5 Å². The van der Waals surface area contributed by atoms with E-state index in [-0.39, 0.29) is 5.57 Å². The predicted molar refractivity (Wildman–Crippen MR) is 70.4 cm³/mol. The molecular weight excluding hydrogens is 246 g/mol. The number of aromatic nitrogens is 3. The highest BCUT2D eigenvalue weighted by molar-refractivity contribution is 6.10. The fraction of sp³-hybridized carbons (Fsp3) is 0.308. The second-order valence-electron chi connectivity index (χ2n) is 3.98. The lowest BCUT2D eigenvalue weighted by molar-refractivity contribution is -0.103. The zero-order valence-corrected chi connectivity index (χ0v) is 10.6. The van der Waals surface area contributed by atoms with Crippen LogP contribution in [0.5, 0.6) is 0 Å². The van der Waals surface area contributed by atoms with E-state index in [9.17, 15) is 4.79 Å². The molecule has 0 saturated carbocycles. The number of aliphatic hydroxyl groups is 1. The number of ether oxygens (including phenoxy) is 1. The Morgan fingerprint density at radius 2 is 2.37 bits per heavy atom. The van der Waals surface area contributed by atoms with Gasteiger partial charge < -0.3 is 14.4 Å². The van der Waals surface area contributed by atoms with Crippen LogP contribution in [-0.4, -0.2) is 32.5 Å². The van der Waals surface area contributed by atoms with Crippen molar-refractivity contribution < 1.29 is 14.6 Å². The largest absolute Gasteiger partial charge is 0.515 e. The molecule has 0 bridgehead atoms. The molecule has 2 heterocycles. The van der Waals surface area contributed by atoms with Crippen molar-refractivity contribution in [2.75, 3.05) is 6.61 Å². The number of nitrogens with zero attached hydrogens (tertiary/aromatic N) is 3. The van der Waals surface area contributed by atoms with Gasteiger partial charge in [0.25, 0.3) is 0 Å². The van der Waals surface area contributed by atoms with Crippen LogP contribution in [0.3, 0.4) is 0 Å². The molecule has 2 aromatic rings.